The Morgan fingerprint density at radius 1 is 1.19 bits per heavy atom. The highest BCUT2D eigenvalue weighted by atomic mass is 16.5. The first kappa shape index (κ1) is 18.3. The summed E-state index contributed by atoms with van der Waals surface area (Å²) < 4.78 is 16.5. The lowest BCUT2D eigenvalue weighted by Gasteiger charge is -2.29. The Morgan fingerprint density at radius 3 is 2.65 bits per heavy atom. The summed E-state index contributed by atoms with van der Waals surface area (Å²) in [6.45, 7) is 4.66. The molecular weight excluding hydrogens is 334 g/mol. The van der Waals surface area contributed by atoms with Crippen molar-refractivity contribution in [2.75, 3.05) is 19.8 Å². The second-order valence-electron chi connectivity index (χ2n) is 6.53. The molecule has 1 saturated carbocycles. The number of carbonyl (C=O) groups is 2. The lowest BCUT2D eigenvalue weighted by Crippen LogP contribution is -2.54. The van der Waals surface area contributed by atoms with Crippen LogP contribution in [0.15, 0.2) is 23.8 Å². The van der Waals surface area contributed by atoms with Crippen LogP contribution in [0.5, 0.6) is 11.5 Å². The van der Waals surface area contributed by atoms with Crippen molar-refractivity contribution >= 4 is 18.0 Å². The van der Waals surface area contributed by atoms with Gasteiger partial charge in [0, 0.05) is 5.56 Å². The van der Waals surface area contributed by atoms with Gasteiger partial charge in [0.25, 0.3) is 5.91 Å². The summed E-state index contributed by atoms with van der Waals surface area (Å²) in [5.74, 6) is 0.681. The summed E-state index contributed by atoms with van der Waals surface area (Å²) in [5, 5.41) is 2.92. The highest BCUT2D eigenvalue weighted by Crippen LogP contribution is 2.36. The zero-order valence-electron chi connectivity index (χ0n) is 15.3. The predicted octanol–water partition coefficient (Wildman–Crippen LogP) is 2.85. The summed E-state index contributed by atoms with van der Waals surface area (Å²) >= 11 is 0. The molecule has 1 fully saturated rings. The van der Waals surface area contributed by atoms with Gasteiger partial charge in [-0.05, 0) is 38.8 Å². The van der Waals surface area contributed by atoms with Gasteiger partial charge in [-0.2, -0.15) is 0 Å². The maximum absolute atomic E-state index is 12.8. The third-order valence-corrected chi connectivity index (χ3v) is 4.78. The molecule has 0 aromatic heterocycles. The van der Waals surface area contributed by atoms with Gasteiger partial charge in [0.05, 0.1) is 18.8 Å². The van der Waals surface area contributed by atoms with Crippen molar-refractivity contribution in [1.29, 1.82) is 0 Å². The Hall–Kier alpha value is -2.50. The van der Waals surface area contributed by atoms with Crippen LogP contribution in [-0.2, 0) is 14.3 Å². The first-order chi connectivity index (χ1) is 12.6. The number of carbonyl (C=O) groups excluding carboxylic acids is 2. The number of nitrogens with one attached hydrogen (secondary N) is 1. The molecule has 1 N–H and O–H groups in total. The van der Waals surface area contributed by atoms with Gasteiger partial charge >= 0.3 is 5.97 Å². The van der Waals surface area contributed by atoms with Crippen LogP contribution in [0, 0.1) is 0 Å². The smallest absolute Gasteiger partial charge is 0.331 e. The van der Waals surface area contributed by atoms with Crippen molar-refractivity contribution < 1.29 is 23.8 Å². The molecule has 1 aromatic carbocycles. The molecule has 140 valence electrons. The third kappa shape index (κ3) is 3.54. The van der Waals surface area contributed by atoms with Crippen LogP contribution in [0.2, 0.25) is 0 Å². The first-order valence-corrected chi connectivity index (χ1v) is 9.18. The van der Waals surface area contributed by atoms with Crippen LogP contribution in [-0.4, -0.2) is 37.2 Å². The van der Waals surface area contributed by atoms with Crippen molar-refractivity contribution in [3.8, 4) is 11.5 Å². The average molecular weight is 359 g/mol. The Kier molecular flexibility index (Phi) is 5.49. The molecule has 0 bridgehead atoms. The Morgan fingerprint density at radius 2 is 1.96 bits per heavy atom. The molecule has 3 rings (SSSR count). The minimum Gasteiger partial charge on any atom is -0.490 e. The molecule has 0 spiro atoms. The van der Waals surface area contributed by atoms with E-state index in [0.717, 1.165) is 18.4 Å². The molecular formula is C20H25NO5. The van der Waals surface area contributed by atoms with Crippen molar-refractivity contribution in [2.24, 2.45) is 0 Å². The van der Waals surface area contributed by atoms with Crippen LogP contribution < -0.4 is 14.8 Å². The van der Waals surface area contributed by atoms with Gasteiger partial charge in [-0.1, -0.05) is 25.0 Å². The number of hydrogen-bond acceptors (Lipinski definition) is 5. The number of esters is 1. The van der Waals surface area contributed by atoms with E-state index in [0.29, 0.717) is 43.1 Å². The minimum absolute atomic E-state index is 0.141. The summed E-state index contributed by atoms with van der Waals surface area (Å²) in [4.78, 5) is 25.2. The van der Waals surface area contributed by atoms with E-state index >= 15 is 0 Å². The summed E-state index contributed by atoms with van der Waals surface area (Å²) in [6, 6.07) is 5.58. The van der Waals surface area contributed by atoms with Gasteiger partial charge in [0.15, 0.2) is 11.5 Å². The molecule has 0 atom stereocenters. The molecule has 0 radical (unpaired) electrons. The molecule has 0 saturated heterocycles. The van der Waals surface area contributed by atoms with Gasteiger partial charge in [-0.3, -0.25) is 4.79 Å². The molecule has 6 heteroatoms. The number of rotatable bonds is 6. The molecule has 1 aliphatic heterocycles. The second kappa shape index (κ2) is 7.81. The van der Waals surface area contributed by atoms with Crippen molar-refractivity contribution in [3.05, 3.63) is 29.3 Å². The van der Waals surface area contributed by atoms with E-state index in [1.54, 1.807) is 13.0 Å². The van der Waals surface area contributed by atoms with Crippen LogP contribution in [0.25, 0.3) is 6.08 Å². The minimum atomic E-state index is -0.915. The van der Waals surface area contributed by atoms with Crippen molar-refractivity contribution in [2.45, 2.75) is 45.1 Å². The maximum atomic E-state index is 12.8. The van der Waals surface area contributed by atoms with Gasteiger partial charge in [-0.15, -0.1) is 0 Å². The zero-order valence-corrected chi connectivity index (χ0v) is 15.3. The fourth-order valence-corrected chi connectivity index (χ4v) is 3.51. The van der Waals surface area contributed by atoms with Gasteiger partial charge in [0.1, 0.15) is 12.1 Å². The maximum Gasteiger partial charge on any atom is 0.331 e. The number of ether oxygens (including phenoxy) is 3. The number of amides is 1. The Bertz CT molecular complexity index is 719. The monoisotopic (exact) mass is 359 g/mol. The molecule has 2 aliphatic rings. The van der Waals surface area contributed by atoms with Crippen LogP contribution in [0.4, 0.5) is 0 Å². The lowest BCUT2D eigenvalue weighted by atomic mass is 9.96. The van der Waals surface area contributed by atoms with Gasteiger partial charge in [0.2, 0.25) is 0 Å². The van der Waals surface area contributed by atoms with E-state index in [-0.39, 0.29) is 18.5 Å². The van der Waals surface area contributed by atoms with Gasteiger partial charge in [-0.25, -0.2) is 4.79 Å². The van der Waals surface area contributed by atoms with E-state index < -0.39 is 5.54 Å². The largest absolute Gasteiger partial charge is 0.490 e. The molecule has 6 nitrogen and oxygen atoms in total. The lowest BCUT2D eigenvalue weighted by molar-refractivity contribution is -0.152. The molecule has 26 heavy (non-hydrogen) atoms. The highest BCUT2D eigenvalue weighted by molar-refractivity contribution is 6.02. The fourth-order valence-electron chi connectivity index (χ4n) is 3.51. The number of fused-ring (bicyclic) bond motifs is 1. The molecule has 1 amide bonds. The van der Waals surface area contributed by atoms with Crippen LogP contribution >= 0.6 is 0 Å². The molecule has 1 heterocycles. The highest BCUT2D eigenvalue weighted by Gasteiger charge is 2.44. The molecule has 1 aromatic rings. The van der Waals surface area contributed by atoms with Crippen molar-refractivity contribution in [3.63, 3.8) is 0 Å². The summed E-state index contributed by atoms with van der Waals surface area (Å²) in [7, 11) is 0. The number of benzene rings is 1. The number of para-hydroxylation sites is 1. The number of hydrogen-bond donors (Lipinski definition) is 1. The first-order valence-electron chi connectivity index (χ1n) is 9.18. The SMILES string of the molecule is CCOC(=O)C1(NC(=O)C2=Cc3cccc(OCC)c3OC2)CCCC1. The molecule has 0 unspecified atom stereocenters. The average Bonchev–Trinajstić information content (AvgIpc) is 3.12. The third-order valence-electron chi connectivity index (χ3n) is 4.78. The standard InChI is InChI=1S/C20H25NO5/c1-3-24-16-9-7-8-14-12-15(13-26-17(14)16)18(22)21-20(10-5-6-11-20)19(23)25-4-2/h7-9,12H,3-6,10-11,13H2,1-2H3,(H,21,22). The van der Waals surface area contributed by atoms with Crippen LogP contribution in [0.3, 0.4) is 0 Å². The summed E-state index contributed by atoms with van der Waals surface area (Å²) in [5.41, 5.74) is 0.368. The summed E-state index contributed by atoms with van der Waals surface area (Å²) in [6.07, 6.45) is 4.81. The van der Waals surface area contributed by atoms with E-state index in [2.05, 4.69) is 5.32 Å². The molecule has 1 aliphatic carbocycles. The van der Waals surface area contributed by atoms with E-state index in [1.165, 1.54) is 0 Å². The zero-order chi connectivity index (χ0) is 18.6. The van der Waals surface area contributed by atoms with Gasteiger partial charge < -0.3 is 19.5 Å². The van der Waals surface area contributed by atoms with E-state index in [1.807, 2.05) is 25.1 Å². The predicted molar refractivity (Wildman–Crippen MR) is 97.1 cm³/mol. The second-order valence-corrected chi connectivity index (χ2v) is 6.53. The fraction of sp³-hybridized carbons (Fsp3) is 0.500. The van der Waals surface area contributed by atoms with Crippen LogP contribution in [0.1, 0.15) is 45.1 Å². The topological polar surface area (TPSA) is 73.9 Å². The van der Waals surface area contributed by atoms with E-state index in [9.17, 15) is 9.59 Å². The van der Waals surface area contributed by atoms with Crippen molar-refractivity contribution in [1.82, 2.24) is 5.32 Å². The quantitative estimate of drug-likeness (QED) is 0.791. The normalized spacial score (nSPS) is 17.5. The Labute approximate surface area is 153 Å². The Balaban J connectivity index is 1.80. The van der Waals surface area contributed by atoms with E-state index in [4.69, 9.17) is 14.2 Å².